The van der Waals surface area contributed by atoms with E-state index in [2.05, 4.69) is 4.98 Å². The van der Waals surface area contributed by atoms with Gasteiger partial charge in [-0.2, -0.15) is 0 Å². The number of aromatic nitrogens is 1. The standard InChI is InChI=1S/C12H13NOS/c1-8-7-13-6-5-10(8)12(14)11-4-3-9(2)15-11/h3-7,12,14H,1-2H3. The van der Waals surface area contributed by atoms with Crippen LogP contribution in [0.1, 0.15) is 27.0 Å². The van der Waals surface area contributed by atoms with Crippen molar-refractivity contribution in [2.45, 2.75) is 20.0 Å². The number of hydrogen-bond acceptors (Lipinski definition) is 3. The van der Waals surface area contributed by atoms with Gasteiger partial charge in [-0.25, -0.2) is 0 Å². The summed E-state index contributed by atoms with van der Waals surface area (Å²) in [6.45, 7) is 4.01. The van der Waals surface area contributed by atoms with Crippen molar-refractivity contribution in [1.82, 2.24) is 4.98 Å². The molecule has 2 aromatic heterocycles. The topological polar surface area (TPSA) is 33.1 Å². The average Bonchev–Trinajstić information content (AvgIpc) is 2.65. The van der Waals surface area contributed by atoms with Gasteiger partial charge in [-0.1, -0.05) is 0 Å². The summed E-state index contributed by atoms with van der Waals surface area (Å²) in [6.07, 6.45) is 2.97. The number of aryl methyl sites for hydroxylation is 2. The zero-order valence-corrected chi connectivity index (χ0v) is 9.58. The van der Waals surface area contributed by atoms with Gasteiger partial charge in [-0.3, -0.25) is 4.98 Å². The predicted octanol–water partition coefficient (Wildman–Crippen LogP) is 2.84. The van der Waals surface area contributed by atoms with Gasteiger partial charge in [-0.15, -0.1) is 11.3 Å². The second-order valence-corrected chi connectivity index (χ2v) is 4.90. The lowest BCUT2D eigenvalue weighted by molar-refractivity contribution is 0.223. The van der Waals surface area contributed by atoms with E-state index in [1.165, 1.54) is 4.88 Å². The van der Waals surface area contributed by atoms with Crippen molar-refractivity contribution in [3.05, 3.63) is 51.5 Å². The quantitative estimate of drug-likeness (QED) is 0.842. The maximum absolute atomic E-state index is 10.2. The molecule has 2 rings (SSSR count). The zero-order chi connectivity index (χ0) is 10.8. The molecule has 0 saturated heterocycles. The molecule has 2 heterocycles. The lowest BCUT2D eigenvalue weighted by Crippen LogP contribution is -1.99. The Bertz CT molecular complexity index is 464. The largest absolute Gasteiger partial charge is 0.383 e. The number of aliphatic hydroxyl groups is 1. The lowest BCUT2D eigenvalue weighted by Gasteiger charge is -2.11. The van der Waals surface area contributed by atoms with Crippen molar-refractivity contribution < 1.29 is 5.11 Å². The lowest BCUT2D eigenvalue weighted by atomic mass is 10.1. The summed E-state index contributed by atoms with van der Waals surface area (Å²) < 4.78 is 0. The van der Waals surface area contributed by atoms with Gasteiger partial charge in [0.25, 0.3) is 0 Å². The Morgan fingerprint density at radius 2 is 2.07 bits per heavy atom. The minimum Gasteiger partial charge on any atom is -0.383 e. The number of thiophene rings is 1. The molecular weight excluding hydrogens is 206 g/mol. The van der Waals surface area contributed by atoms with Crippen LogP contribution in [0, 0.1) is 13.8 Å². The van der Waals surface area contributed by atoms with Gasteiger partial charge in [0.2, 0.25) is 0 Å². The van der Waals surface area contributed by atoms with E-state index in [4.69, 9.17) is 0 Å². The molecule has 15 heavy (non-hydrogen) atoms. The Balaban J connectivity index is 2.36. The van der Waals surface area contributed by atoms with Gasteiger partial charge in [0.05, 0.1) is 0 Å². The fourth-order valence-corrected chi connectivity index (χ4v) is 2.43. The molecule has 0 aliphatic heterocycles. The van der Waals surface area contributed by atoms with E-state index < -0.39 is 6.10 Å². The molecule has 1 unspecified atom stereocenters. The van der Waals surface area contributed by atoms with E-state index in [1.807, 2.05) is 32.0 Å². The minimum atomic E-state index is -0.522. The van der Waals surface area contributed by atoms with Crippen LogP contribution in [-0.2, 0) is 0 Å². The van der Waals surface area contributed by atoms with Gasteiger partial charge < -0.3 is 5.11 Å². The van der Waals surface area contributed by atoms with Crippen LogP contribution in [0.25, 0.3) is 0 Å². The molecule has 0 amide bonds. The maximum atomic E-state index is 10.2. The van der Waals surface area contributed by atoms with Crippen LogP contribution >= 0.6 is 11.3 Å². The van der Waals surface area contributed by atoms with E-state index in [0.717, 1.165) is 16.0 Å². The second kappa shape index (κ2) is 4.13. The Morgan fingerprint density at radius 1 is 1.27 bits per heavy atom. The van der Waals surface area contributed by atoms with Gasteiger partial charge in [0.15, 0.2) is 0 Å². The molecule has 0 saturated carbocycles. The maximum Gasteiger partial charge on any atom is 0.114 e. The fourth-order valence-electron chi connectivity index (χ4n) is 1.54. The highest BCUT2D eigenvalue weighted by molar-refractivity contribution is 7.12. The van der Waals surface area contributed by atoms with Crippen LogP contribution in [0.3, 0.4) is 0 Å². The molecule has 0 radical (unpaired) electrons. The van der Waals surface area contributed by atoms with E-state index >= 15 is 0 Å². The summed E-state index contributed by atoms with van der Waals surface area (Å²) in [5, 5.41) is 10.2. The van der Waals surface area contributed by atoms with Gasteiger partial charge >= 0.3 is 0 Å². The summed E-state index contributed by atoms with van der Waals surface area (Å²) >= 11 is 1.63. The number of hydrogen-bond donors (Lipinski definition) is 1. The third-order valence-electron chi connectivity index (χ3n) is 2.39. The minimum absolute atomic E-state index is 0.522. The molecule has 0 spiro atoms. The summed E-state index contributed by atoms with van der Waals surface area (Å²) in [4.78, 5) is 6.22. The monoisotopic (exact) mass is 219 g/mol. The van der Waals surface area contributed by atoms with Crippen molar-refractivity contribution in [2.24, 2.45) is 0 Å². The summed E-state index contributed by atoms with van der Waals surface area (Å²) in [5.41, 5.74) is 1.96. The Morgan fingerprint density at radius 3 is 2.67 bits per heavy atom. The highest BCUT2D eigenvalue weighted by Crippen LogP contribution is 2.29. The van der Waals surface area contributed by atoms with Crippen molar-refractivity contribution in [1.29, 1.82) is 0 Å². The average molecular weight is 219 g/mol. The van der Waals surface area contributed by atoms with Crippen molar-refractivity contribution in [3.63, 3.8) is 0 Å². The van der Waals surface area contributed by atoms with E-state index in [-0.39, 0.29) is 0 Å². The normalized spacial score (nSPS) is 12.7. The first-order valence-electron chi connectivity index (χ1n) is 4.83. The number of pyridine rings is 1. The number of nitrogens with zero attached hydrogens (tertiary/aromatic N) is 1. The number of aliphatic hydroxyl groups excluding tert-OH is 1. The first-order chi connectivity index (χ1) is 7.18. The van der Waals surface area contributed by atoms with Crippen LogP contribution in [0.15, 0.2) is 30.6 Å². The molecule has 3 heteroatoms. The number of rotatable bonds is 2. The van der Waals surface area contributed by atoms with Crippen molar-refractivity contribution in [2.75, 3.05) is 0 Å². The molecule has 1 N–H and O–H groups in total. The first kappa shape index (κ1) is 10.3. The van der Waals surface area contributed by atoms with Crippen molar-refractivity contribution in [3.8, 4) is 0 Å². The van der Waals surface area contributed by atoms with Crippen molar-refractivity contribution >= 4 is 11.3 Å². The summed E-state index contributed by atoms with van der Waals surface area (Å²) in [5.74, 6) is 0. The predicted molar refractivity (Wildman–Crippen MR) is 62.1 cm³/mol. The Hall–Kier alpha value is -1.19. The third-order valence-corrected chi connectivity index (χ3v) is 3.44. The molecule has 0 aliphatic rings. The van der Waals surface area contributed by atoms with Gasteiger partial charge in [0.1, 0.15) is 6.10 Å². The molecule has 0 aliphatic carbocycles. The summed E-state index contributed by atoms with van der Waals surface area (Å²) in [6, 6.07) is 5.87. The van der Waals surface area contributed by atoms with Crippen LogP contribution in [0.2, 0.25) is 0 Å². The second-order valence-electron chi connectivity index (χ2n) is 3.58. The molecule has 2 nitrogen and oxygen atoms in total. The van der Waals surface area contributed by atoms with Crippen LogP contribution in [0.4, 0.5) is 0 Å². The molecule has 2 aromatic rings. The van der Waals surface area contributed by atoms with Gasteiger partial charge in [0, 0.05) is 22.1 Å². The zero-order valence-electron chi connectivity index (χ0n) is 8.77. The fraction of sp³-hybridized carbons (Fsp3) is 0.250. The molecule has 0 fully saturated rings. The smallest absolute Gasteiger partial charge is 0.114 e. The molecule has 0 bridgehead atoms. The summed E-state index contributed by atoms with van der Waals surface area (Å²) in [7, 11) is 0. The third kappa shape index (κ3) is 2.08. The molecular formula is C12H13NOS. The van der Waals surface area contributed by atoms with E-state index in [1.54, 1.807) is 23.7 Å². The van der Waals surface area contributed by atoms with E-state index in [0.29, 0.717) is 0 Å². The first-order valence-corrected chi connectivity index (χ1v) is 5.65. The van der Waals surface area contributed by atoms with E-state index in [9.17, 15) is 5.11 Å². The molecule has 78 valence electrons. The van der Waals surface area contributed by atoms with Gasteiger partial charge in [-0.05, 0) is 43.2 Å². The highest BCUT2D eigenvalue weighted by atomic mass is 32.1. The molecule has 1 atom stereocenters. The molecule has 0 aromatic carbocycles. The van der Waals surface area contributed by atoms with Crippen LogP contribution in [-0.4, -0.2) is 10.1 Å². The highest BCUT2D eigenvalue weighted by Gasteiger charge is 2.13. The SMILES string of the molecule is Cc1ccc(C(O)c2ccncc2C)s1. The van der Waals surface area contributed by atoms with Crippen LogP contribution < -0.4 is 0 Å². The Kier molecular flexibility index (Phi) is 2.84. The Labute approximate surface area is 93.2 Å². The van der Waals surface area contributed by atoms with Crippen LogP contribution in [0.5, 0.6) is 0 Å².